The summed E-state index contributed by atoms with van der Waals surface area (Å²) in [5.74, 6) is -1.34. The van der Waals surface area contributed by atoms with Crippen molar-refractivity contribution in [2.45, 2.75) is 38.6 Å². The van der Waals surface area contributed by atoms with Gasteiger partial charge in [-0.25, -0.2) is 9.59 Å². The number of alkyl carbamates (subject to hydrolysis) is 1. The molecule has 3 rings (SSSR count). The van der Waals surface area contributed by atoms with Gasteiger partial charge in [0.05, 0.1) is 0 Å². The number of aliphatic carboxylic acids is 1. The highest BCUT2D eigenvalue weighted by Gasteiger charge is 2.40. The van der Waals surface area contributed by atoms with Gasteiger partial charge in [0, 0.05) is 5.92 Å². The topological polar surface area (TPSA) is 75.6 Å². The van der Waals surface area contributed by atoms with Crippen molar-refractivity contribution in [2.24, 2.45) is 5.92 Å². The molecule has 1 aliphatic rings. The molecule has 2 aromatic rings. The minimum absolute atomic E-state index is 0.0529. The van der Waals surface area contributed by atoms with Gasteiger partial charge in [0.25, 0.3) is 0 Å². The fourth-order valence-corrected chi connectivity index (χ4v) is 3.64. The number of carbonyl (C=O) groups is 2. The van der Waals surface area contributed by atoms with E-state index in [1.165, 1.54) is 6.92 Å². The zero-order valence-corrected chi connectivity index (χ0v) is 15.9. The quantitative estimate of drug-likeness (QED) is 0.793. The molecule has 5 heteroatoms. The lowest BCUT2D eigenvalue weighted by atomic mass is 9.85. The first-order valence-corrected chi connectivity index (χ1v) is 9.25. The van der Waals surface area contributed by atoms with Gasteiger partial charge in [0.15, 0.2) is 0 Å². The van der Waals surface area contributed by atoms with E-state index in [1.54, 1.807) is 6.92 Å². The van der Waals surface area contributed by atoms with Crippen LogP contribution in [-0.2, 0) is 9.53 Å². The first kappa shape index (κ1) is 19.0. The number of carbonyl (C=O) groups excluding carboxylic acids is 1. The molecule has 0 spiro atoms. The van der Waals surface area contributed by atoms with Crippen molar-refractivity contribution >= 4 is 12.1 Å². The highest BCUT2D eigenvalue weighted by molar-refractivity contribution is 5.84. The molecule has 27 heavy (non-hydrogen) atoms. The van der Waals surface area contributed by atoms with Crippen LogP contribution in [0.25, 0.3) is 11.1 Å². The van der Waals surface area contributed by atoms with Crippen molar-refractivity contribution in [1.29, 1.82) is 0 Å². The molecule has 0 fully saturated rings. The maximum absolute atomic E-state index is 12.4. The first-order valence-electron chi connectivity index (χ1n) is 9.25. The molecule has 0 aromatic heterocycles. The Morgan fingerprint density at radius 2 is 1.63 bits per heavy atom. The number of benzene rings is 2. The Balaban J connectivity index is 1.75. The van der Waals surface area contributed by atoms with Crippen LogP contribution in [-0.4, -0.2) is 29.3 Å². The van der Waals surface area contributed by atoms with Crippen LogP contribution in [0.1, 0.15) is 44.2 Å². The van der Waals surface area contributed by atoms with Crippen LogP contribution >= 0.6 is 0 Å². The van der Waals surface area contributed by atoms with Crippen LogP contribution in [0.3, 0.4) is 0 Å². The third kappa shape index (κ3) is 3.42. The number of hydrogen-bond donors (Lipinski definition) is 2. The second kappa shape index (κ2) is 7.43. The molecule has 2 atom stereocenters. The Labute approximate surface area is 159 Å². The highest BCUT2D eigenvalue weighted by Crippen LogP contribution is 2.44. The number of amides is 1. The van der Waals surface area contributed by atoms with Gasteiger partial charge in [-0.1, -0.05) is 68.8 Å². The fraction of sp³-hybridized carbons (Fsp3) is 0.364. The van der Waals surface area contributed by atoms with E-state index in [-0.39, 0.29) is 18.4 Å². The lowest BCUT2D eigenvalue weighted by Gasteiger charge is -2.31. The van der Waals surface area contributed by atoms with Crippen molar-refractivity contribution in [3.63, 3.8) is 0 Å². The van der Waals surface area contributed by atoms with Crippen LogP contribution < -0.4 is 5.32 Å². The monoisotopic (exact) mass is 367 g/mol. The summed E-state index contributed by atoms with van der Waals surface area (Å²) in [6.45, 7) is 5.38. The average Bonchev–Trinajstić information content (AvgIpc) is 2.99. The van der Waals surface area contributed by atoms with Crippen molar-refractivity contribution in [3.05, 3.63) is 59.7 Å². The van der Waals surface area contributed by atoms with E-state index in [0.29, 0.717) is 6.42 Å². The van der Waals surface area contributed by atoms with E-state index in [0.717, 1.165) is 22.3 Å². The standard InChI is InChI=1S/C22H25NO4/c1-4-14(2)22(3,20(24)25)23-21(26)27-13-19-17-11-7-5-9-15(17)16-10-6-8-12-18(16)19/h5-12,14,19H,4,13H2,1-3H3,(H,23,26)(H,24,25)/t14-,22-/m1/s1. The van der Waals surface area contributed by atoms with Crippen LogP contribution in [0.5, 0.6) is 0 Å². The van der Waals surface area contributed by atoms with Gasteiger partial charge in [-0.05, 0) is 35.1 Å². The van der Waals surface area contributed by atoms with E-state index in [4.69, 9.17) is 4.74 Å². The number of carboxylic acid groups (broad SMARTS) is 1. The van der Waals surface area contributed by atoms with Crippen molar-refractivity contribution in [2.75, 3.05) is 6.61 Å². The molecule has 0 unspecified atom stereocenters. The minimum atomic E-state index is -1.36. The second-order valence-electron chi connectivity index (χ2n) is 7.27. The molecule has 0 aliphatic heterocycles. The van der Waals surface area contributed by atoms with Gasteiger partial charge in [-0.2, -0.15) is 0 Å². The summed E-state index contributed by atoms with van der Waals surface area (Å²) in [5.41, 5.74) is 3.18. The molecular weight excluding hydrogens is 342 g/mol. The largest absolute Gasteiger partial charge is 0.480 e. The average molecular weight is 367 g/mol. The number of carboxylic acids is 1. The maximum Gasteiger partial charge on any atom is 0.408 e. The van der Waals surface area contributed by atoms with E-state index >= 15 is 0 Å². The van der Waals surface area contributed by atoms with Crippen LogP contribution in [0, 0.1) is 5.92 Å². The number of ether oxygens (including phenoxy) is 1. The second-order valence-corrected chi connectivity index (χ2v) is 7.27. The summed E-state index contributed by atoms with van der Waals surface area (Å²) in [4.78, 5) is 24.0. The van der Waals surface area contributed by atoms with Gasteiger partial charge in [0.1, 0.15) is 12.1 Å². The fourth-order valence-electron chi connectivity index (χ4n) is 3.64. The summed E-state index contributed by atoms with van der Waals surface area (Å²) in [5, 5.41) is 12.1. The Morgan fingerprint density at radius 3 is 2.11 bits per heavy atom. The molecule has 2 N–H and O–H groups in total. The van der Waals surface area contributed by atoms with Gasteiger partial charge in [-0.15, -0.1) is 0 Å². The van der Waals surface area contributed by atoms with Crippen molar-refractivity contribution < 1.29 is 19.4 Å². The molecule has 1 amide bonds. The summed E-state index contributed by atoms with van der Waals surface area (Å²) < 4.78 is 5.47. The Kier molecular flexibility index (Phi) is 5.22. The number of hydrogen-bond acceptors (Lipinski definition) is 3. The molecule has 1 aliphatic carbocycles. The van der Waals surface area contributed by atoms with Crippen molar-refractivity contribution in [1.82, 2.24) is 5.32 Å². The molecule has 0 heterocycles. The maximum atomic E-state index is 12.4. The van der Waals surface area contributed by atoms with Gasteiger partial charge in [-0.3, -0.25) is 0 Å². The summed E-state index contributed by atoms with van der Waals surface area (Å²) in [6.07, 6.45) is -0.0750. The van der Waals surface area contributed by atoms with E-state index in [1.807, 2.05) is 43.3 Å². The van der Waals surface area contributed by atoms with Crippen molar-refractivity contribution in [3.8, 4) is 11.1 Å². The van der Waals surface area contributed by atoms with Crippen LogP contribution in [0.4, 0.5) is 4.79 Å². The molecule has 142 valence electrons. The first-order chi connectivity index (χ1) is 12.9. The molecule has 5 nitrogen and oxygen atoms in total. The number of rotatable bonds is 6. The third-order valence-electron chi connectivity index (χ3n) is 5.75. The highest BCUT2D eigenvalue weighted by atomic mass is 16.5. The predicted molar refractivity (Wildman–Crippen MR) is 104 cm³/mol. The Morgan fingerprint density at radius 1 is 1.11 bits per heavy atom. The molecular formula is C22H25NO4. The lowest BCUT2D eigenvalue weighted by Crippen LogP contribution is -2.56. The zero-order chi connectivity index (χ0) is 19.6. The van der Waals surface area contributed by atoms with Gasteiger partial charge >= 0.3 is 12.1 Å². The summed E-state index contributed by atoms with van der Waals surface area (Å²) in [7, 11) is 0. The van der Waals surface area contributed by atoms with Crippen LogP contribution in [0.15, 0.2) is 48.5 Å². The van der Waals surface area contributed by atoms with E-state index in [9.17, 15) is 14.7 Å². The third-order valence-corrected chi connectivity index (χ3v) is 5.75. The van der Waals surface area contributed by atoms with Gasteiger partial charge < -0.3 is 15.2 Å². The zero-order valence-electron chi connectivity index (χ0n) is 15.9. The normalized spacial score (nSPS) is 16.0. The molecule has 0 bridgehead atoms. The number of fused-ring (bicyclic) bond motifs is 3. The number of nitrogens with one attached hydrogen (secondary N) is 1. The van der Waals surface area contributed by atoms with Crippen LogP contribution in [0.2, 0.25) is 0 Å². The predicted octanol–water partition coefficient (Wildman–Crippen LogP) is 4.41. The molecule has 2 aromatic carbocycles. The molecule has 0 saturated carbocycles. The smallest absolute Gasteiger partial charge is 0.408 e. The Bertz CT molecular complexity index is 817. The minimum Gasteiger partial charge on any atom is -0.480 e. The SMILES string of the molecule is CC[C@@H](C)[C@@](C)(NC(=O)OCC1c2ccccc2-c2ccccc21)C(=O)O. The van der Waals surface area contributed by atoms with E-state index < -0.39 is 17.6 Å². The molecule has 0 radical (unpaired) electrons. The summed E-state index contributed by atoms with van der Waals surface area (Å²) in [6, 6.07) is 16.2. The van der Waals surface area contributed by atoms with Gasteiger partial charge in [0.2, 0.25) is 0 Å². The lowest BCUT2D eigenvalue weighted by molar-refractivity contribution is -0.146. The van der Waals surface area contributed by atoms with E-state index in [2.05, 4.69) is 17.4 Å². The summed E-state index contributed by atoms with van der Waals surface area (Å²) >= 11 is 0. The Hall–Kier alpha value is -2.82. The molecule has 0 saturated heterocycles.